The van der Waals surface area contributed by atoms with Gasteiger partial charge in [0, 0.05) is 13.1 Å². The van der Waals surface area contributed by atoms with Gasteiger partial charge in [0.1, 0.15) is 18.3 Å². The average molecular weight is 503 g/mol. The third kappa shape index (κ3) is 5.72. The van der Waals surface area contributed by atoms with Gasteiger partial charge in [-0.1, -0.05) is 18.2 Å². The van der Waals surface area contributed by atoms with E-state index in [9.17, 15) is 15.3 Å². The lowest BCUT2D eigenvalue weighted by atomic mass is 10.1. The van der Waals surface area contributed by atoms with Crippen LogP contribution in [0.4, 0.5) is 5.95 Å². The number of anilines is 1. The molecule has 196 valence electrons. The smallest absolute Gasteiger partial charge is 0.206 e. The molecule has 1 aliphatic heterocycles. The van der Waals surface area contributed by atoms with Crippen LogP contribution in [0.15, 0.2) is 42.5 Å². The number of fused-ring (bicyclic) bond motifs is 1. The molecular weight excluding hydrogens is 468 g/mol. The lowest BCUT2D eigenvalue weighted by Gasteiger charge is -2.20. The lowest BCUT2D eigenvalue weighted by Crippen LogP contribution is -2.33. The summed E-state index contributed by atoms with van der Waals surface area (Å²) in [4.78, 5) is 4.66. The molecule has 11 heteroatoms. The van der Waals surface area contributed by atoms with Gasteiger partial charge in [0.05, 0.1) is 38.0 Å². The van der Waals surface area contributed by atoms with Gasteiger partial charge in [-0.2, -0.15) is 0 Å². The largest absolute Gasteiger partial charge is 0.493 e. The van der Waals surface area contributed by atoms with Crippen molar-refractivity contribution < 1.29 is 34.6 Å². The Morgan fingerprint density at radius 2 is 1.89 bits per heavy atom. The Kier molecular flexibility index (Phi) is 8.97. The summed E-state index contributed by atoms with van der Waals surface area (Å²) in [6.07, 6.45) is -3.47. The van der Waals surface area contributed by atoms with Crippen molar-refractivity contribution in [2.45, 2.75) is 37.5 Å². The van der Waals surface area contributed by atoms with Crippen LogP contribution in [0, 0.1) is 0 Å². The highest BCUT2D eigenvalue weighted by atomic mass is 16.6. The third-order valence-electron chi connectivity index (χ3n) is 6.09. The number of aliphatic hydroxyl groups excluding tert-OH is 4. The third-order valence-corrected chi connectivity index (χ3v) is 6.09. The molecule has 1 saturated heterocycles. The maximum absolute atomic E-state index is 10.6. The molecule has 3 aromatic rings. The van der Waals surface area contributed by atoms with Crippen molar-refractivity contribution in [2.24, 2.45) is 0 Å². The standard InChI is InChI=1S/C25H34N4O7/c1-34-19-8-7-16(13-20(19)35-12-4-9-26-10-11-30)14-27-25-28-17-5-2-3-6-18(17)29(25)24-23(33)22(32)21(15-31)36-24/h2-3,5-8,13,21-24,26,30-33H,4,9-12,14-15H2,1H3,(H,27,28)/t21-,22-,23-,24-/m1/s1. The van der Waals surface area contributed by atoms with Gasteiger partial charge in [-0.3, -0.25) is 4.57 Å². The van der Waals surface area contributed by atoms with Gasteiger partial charge in [-0.05, 0) is 42.8 Å². The second kappa shape index (κ2) is 12.3. The zero-order valence-electron chi connectivity index (χ0n) is 20.2. The molecule has 36 heavy (non-hydrogen) atoms. The molecule has 1 fully saturated rings. The molecule has 11 nitrogen and oxygen atoms in total. The second-order valence-corrected chi connectivity index (χ2v) is 8.54. The number of aromatic nitrogens is 2. The van der Waals surface area contributed by atoms with Crippen LogP contribution < -0.4 is 20.1 Å². The number of ether oxygens (including phenoxy) is 3. The van der Waals surface area contributed by atoms with Crippen LogP contribution in [0.1, 0.15) is 18.2 Å². The minimum atomic E-state index is -1.23. The van der Waals surface area contributed by atoms with Gasteiger partial charge in [0.25, 0.3) is 0 Å². The molecule has 1 aromatic heterocycles. The van der Waals surface area contributed by atoms with E-state index in [-0.39, 0.29) is 6.61 Å². The molecule has 0 aliphatic carbocycles. The van der Waals surface area contributed by atoms with E-state index in [4.69, 9.17) is 19.3 Å². The van der Waals surface area contributed by atoms with Crippen LogP contribution in [0.25, 0.3) is 11.0 Å². The Morgan fingerprint density at radius 1 is 1.06 bits per heavy atom. The SMILES string of the molecule is COc1ccc(CNc2nc3ccccc3n2[C@@H]2O[C@H](CO)[C@@H](O)[C@H]2O)cc1OCCCNCCO. The Balaban J connectivity index is 1.50. The van der Waals surface area contributed by atoms with Gasteiger partial charge in [-0.25, -0.2) is 4.98 Å². The molecular formula is C25H34N4O7. The molecule has 6 N–H and O–H groups in total. The second-order valence-electron chi connectivity index (χ2n) is 8.54. The zero-order valence-corrected chi connectivity index (χ0v) is 20.2. The summed E-state index contributed by atoms with van der Waals surface area (Å²) < 4.78 is 18.8. The predicted octanol–water partition coefficient (Wildman–Crippen LogP) is 0.619. The van der Waals surface area contributed by atoms with Crippen molar-refractivity contribution in [3.05, 3.63) is 48.0 Å². The highest BCUT2D eigenvalue weighted by Gasteiger charge is 2.44. The molecule has 0 radical (unpaired) electrons. The van der Waals surface area contributed by atoms with E-state index in [1.165, 1.54) is 0 Å². The first-order chi connectivity index (χ1) is 17.6. The number of hydrogen-bond donors (Lipinski definition) is 6. The number of methoxy groups -OCH3 is 1. The first-order valence-corrected chi connectivity index (χ1v) is 12.0. The fourth-order valence-corrected chi connectivity index (χ4v) is 4.23. The van der Waals surface area contributed by atoms with Crippen molar-refractivity contribution >= 4 is 17.0 Å². The van der Waals surface area contributed by atoms with Crippen LogP contribution >= 0.6 is 0 Å². The van der Waals surface area contributed by atoms with Crippen LogP contribution in [0.5, 0.6) is 11.5 Å². The summed E-state index contributed by atoms with van der Waals surface area (Å²) in [7, 11) is 1.59. The Morgan fingerprint density at radius 3 is 2.64 bits per heavy atom. The maximum Gasteiger partial charge on any atom is 0.206 e. The fourth-order valence-electron chi connectivity index (χ4n) is 4.23. The number of para-hydroxylation sites is 2. The molecule has 4 atom stereocenters. The molecule has 0 bridgehead atoms. The highest BCUT2D eigenvalue weighted by molar-refractivity contribution is 5.78. The molecule has 0 amide bonds. The topological polar surface area (TPSA) is 150 Å². The van der Waals surface area contributed by atoms with E-state index >= 15 is 0 Å². The van der Waals surface area contributed by atoms with E-state index in [1.54, 1.807) is 11.7 Å². The number of nitrogens with zero attached hydrogens (tertiary/aromatic N) is 2. The summed E-state index contributed by atoms with van der Waals surface area (Å²) in [6.45, 7) is 1.88. The van der Waals surface area contributed by atoms with Crippen molar-refractivity contribution in [3.8, 4) is 11.5 Å². The van der Waals surface area contributed by atoms with Crippen LogP contribution in [-0.4, -0.2) is 88.3 Å². The minimum Gasteiger partial charge on any atom is -0.493 e. The van der Waals surface area contributed by atoms with Gasteiger partial charge in [0.15, 0.2) is 17.7 Å². The van der Waals surface area contributed by atoms with Crippen molar-refractivity contribution in [2.75, 3.05) is 45.3 Å². The first-order valence-electron chi connectivity index (χ1n) is 12.0. The van der Waals surface area contributed by atoms with E-state index < -0.39 is 31.1 Å². The zero-order chi connectivity index (χ0) is 25.5. The normalized spacial score (nSPS) is 21.7. The number of nitrogens with one attached hydrogen (secondary N) is 2. The number of hydrogen-bond acceptors (Lipinski definition) is 10. The van der Waals surface area contributed by atoms with E-state index in [1.807, 2.05) is 42.5 Å². The first kappa shape index (κ1) is 26.1. The molecule has 0 saturated carbocycles. The van der Waals surface area contributed by atoms with Gasteiger partial charge in [0.2, 0.25) is 5.95 Å². The number of aliphatic hydroxyl groups is 4. The molecule has 2 aromatic carbocycles. The molecule has 0 unspecified atom stereocenters. The molecule has 0 spiro atoms. The van der Waals surface area contributed by atoms with Crippen molar-refractivity contribution in [1.29, 1.82) is 0 Å². The quantitative estimate of drug-likeness (QED) is 0.184. The van der Waals surface area contributed by atoms with Gasteiger partial charge < -0.3 is 45.3 Å². The Bertz CT molecular complexity index is 1120. The van der Waals surface area contributed by atoms with Crippen LogP contribution in [0.3, 0.4) is 0 Å². The fraction of sp³-hybridized carbons (Fsp3) is 0.480. The Hall–Kier alpha value is -2.93. The van der Waals surface area contributed by atoms with Crippen LogP contribution in [0.2, 0.25) is 0 Å². The van der Waals surface area contributed by atoms with Gasteiger partial charge >= 0.3 is 0 Å². The van der Waals surface area contributed by atoms with E-state index in [0.29, 0.717) is 42.7 Å². The van der Waals surface area contributed by atoms with Crippen molar-refractivity contribution in [3.63, 3.8) is 0 Å². The molecule has 4 rings (SSSR count). The van der Waals surface area contributed by atoms with Gasteiger partial charge in [-0.15, -0.1) is 0 Å². The summed E-state index contributed by atoms with van der Waals surface area (Å²) in [5.41, 5.74) is 2.35. The number of rotatable bonds is 13. The summed E-state index contributed by atoms with van der Waals surface area (Å²) in [5.74, 6) is 1.70. The van der Waals surface area contributed by atoms with E-state index in [2.05, 4.69) is 15.6 Å². The number of benzene rings is 2. The molecule has 1 aliphatic rings. The maximum atomic E-state index is 10.6. The lowest BCUT2D eigenvalue weighted by molar-refractivity contribution is -0.0499. The highest BCUT2D eigenvalue weighted by Crippen LogP contribution is 2.35. The monoisotopic (exact) mass is 502 g/mol. The predicted molar refractivity (Wildman–Crippen MR) is 133 cm³/mol. The summed E-state index contributed by atoms with van der Waals surface area (Å²) in [6, 6.07) is 13.1. The van der Waals surface area contributed by atoms with E-state index in [0.717, 1.165) is 24.0 Å². The summed E-state index contributed by atoms with van der Waals surface area (Å²) in [5, 5.41) is 45.7. The number of imidazole rings is 1. The Labute approximate surface area is 209 Å². The van der Waals surface area contributed by atoms with Crippen molar-refractivity contribution in [1.82, 2.24) is 14.9 Å². The molecule has 2 heterocycles. The summed E-state index contributed by atoms with van der Waals surface area (Å²) >= 11 is 0. The average Bonchev–Trinajstić information content (AvgIpc) is 3.41. The minimum absolute atomic E-state index is 0.103. The van der Waals surface area contributed by atoms with Crippen LogP contribution in [-0.2, 0) is 11.3 Å².